The molecular weight excluding hydrogens is 509 g/mol. The van der Waals surface area contributed by atoms with Crippen LogP contribution < -0.4 is 15.3 Å². The third-order valence-corrected chi connectivity index (χ3v) is 7.90. The van der Waals surface area contributed by atoms with E-state index in [0.717, 1.165) is 5.57 Å². The van der Waals surface area contributed by atoms with E-state index < -0.39 is 19.8 Å². The fourth-order valence-electron chi connectivity index (χ4n) is 4.49. The number of anilines is 1. The lowest BCUT2D eigenvalue weighted by Gasteiger charge is -2.47. The number of ether oxygens (including phenoxy) is 1. The largest absolute Gasteiger partial charge is 0.462 e. The van der Waals surface area contributed by atoms with Crippen molar-refractivity contribution >= 4 is 30.6 Å². The van der Waals surface area contributed by atoms with E-state index in [-0.39, 0.29) is 42.9 Å². The first kappa shape index (κ1) is 27.5. The Balaban J connectivity index is 1.53. The number of benzene rings is 1. The number of aliphatic hydroxyl groups excluding tert-OH is 1. The fourth-order valence-corrected chi connectivity index (χ4v) is 5.98. The molecular formula is C26H32N5O6P. The van der Waals surface area contributed by atoms with E-state index in [4.69, 9.17) is 19.5 Å². The van der Waals surface area contributed by atoms with Crippen molar-refractivity contribution in [1.82, 2.24) is 19.6 Å². The van der Waals surface area contributed by atoms with E-state index in [2.05, 4.69) is 28.2 Å². The number of carbonyl (C=O) groups excluding carboxylic acids is 1. The van der Waals surface area contributed by atoms with Gasteiger partial charge in [0.25, 0.3) is 0 Å². The number of nitrogens with zero attached hydrogens (tertiary/aromatic N) is 3. The lowest BCUT2D eigenvalue weighted by atomic mass is 9.66. The standard InChI is InChI=1S/C26H32N5O6P/c1-5-22(26(33)36-16(2)3)30-38(34,37-18-9-7-6-8-10-18)35-14-21-17(4)23(20(21)13-32)31-12-11-19-24(27)28-15-29-25(19)31/h5-12,15-16,20-23,32H,1,4,13-14H2,2-3H3,(H,30,34)(H2,27,28,29)/t20-,21+,22+,23-,38?/m1/s1. The van der Waals surface area contributed by atoms with Crippen molar-refractivity contribution in [3.63, 3.8) is 0 Å². The van der Waals surface area contributed by atoms with Crippen LogP contribution in [0.5, 0.6) is 5.75 Å². The Labute approximate surface area is 220 Å². The maximum absolute atomic E-state index is 13.9. The van der Waals surface area contributed by atoms with Crippen LogP contribution in [0, 0.1) is 11.8 Å². The summed E-state index contributed by atoms with van der Waals surface area (Å²) in [5.41, 5.74) is 7.35. The number of nitrogens with one attached hydrogen (secondary N) is 1. The van der Waals surface area contributed by atoms with Gasteiger partial charge in [0, 0.05) is 24.6 Å². The molecule has 11 nitrogen and oxygen atoms in total. The highest BCUT2D eigenvalue weighted by atomic mass is 31.2. The number of aliphatic hydroxyl groups is 1. The van der Waals surface area contributed by atoms with Gasteiger partial charge in [0.2, 0.25) is 0 Å². The summed E-state index contributed by atoms with van der Waals surface area (Å²) in [6.07, 6.45) is 4.10. The number of hydrogen-bond donors (Lipinski definition) is 3. The number of rotatable bonds is 12. The molecule has 0 radical (unpaired) electrons. The van der Waals surface area contributed by atoms with E-state index in [9.17, 15) is 14.5 Å². The average molecular weight is 542 g/mol. The van der Waals surface area contributed by atoms with E-state index in [0.29, 0.717) is 16.9 Å². The van der Waals surface area contributed by atoms with Crippen molar-refractivity contribution in [2.45, 2.75) is 32.0 Å². The second-order valence-corrected chi connectivity index (χ2v) is 10.9. The monoisotopic (exact) mass is 541 g/mol. The van der Waals surface area contributed by atoms with Crippen molar-refractivity contribution in [3.8, 4) is 5.75 Å². The number of nitrogen functional groups attached to an aromatic ring is 1. The predicted molar refractivity (Wildman–Crippen MR) is 143 cm³/mol. The molecule has 1 unspecified atom stereocenters. The summed E-state index contributed by atoms with van der Waals surface area (Å²) in [5.74, 6) is -0.681. The number of esters is 1. The predicted octanol–water partition coefficient (Wildman–Crippen LogP) is 3.65. The Morgan fingerprint density at radius 3 is 2.68 bits per heavy atom. The lowest BCUT2D eigenvalue weighted by Crippen LogP contribution is -2.45. The Kier molecular flexibility index (Phi) is 8.32. The maximum atomic E-state index is 13.9. The summed E-state index contributed by atoms with van der Waals surface area (Å²) < 4.78 is 32.6. The third kappa shape index (κ3) is 5.66. The number of carbonyl (C=O) groups is 1. The average Bonchev–Trinajstić information content (AvgIpc) is 3.30. The highest BCUT2D eigenvalue weighted by Crippen LogP contribution is 2.52. The molecule has 0 bridgehead atoms. The minimum Gasteiger partial charge on any atom is -0.462 e. The van der Waals surface area contributed by atoms with Crippen molar-refractivity contribution in [2.75, 3.05) is 18.9 Å². The zero-order valence-electron chi connectivity index (χ0n) is 21.3. The van der Waals surface area contributed by atoms with Crippen molar-refractivity contribution in [3.05, 3.63) is 73.7 Å². The SMILES string of the molecule is C=C[C@H](NP(=O)(OC[C@H]1C(=C)[C@@H](n2ccc3c(N)ncnc32)[C@@H]1CO)Oc1ccccc1)C(=O)OC(C)C. The fraction of sp³-hybridized carbons (Fsp3) is 0.346. The normalized spacial score (nSPS) is 21.5. The molecule has 2 aromatic heterocycles. The van der Waals surface area contributed by atoms with Gasteiger partial charge < -0.3 is 24.7 Å². The molecule has 1 aliphatic carbocycles. The maximum Gasteiger partial charge on any atom is 0.459 e. The zero-order chi connectivity index (χ0) is 27.4. The van der Waals surface area contributed by atoms with E-state index in [1.165, 1.54) is 12.4 Å². The molecule has 1 aromatic carbocycles. The molecule has 1 aliphatic rings. The summed E-state index contributed by atoms with van der Waals surface area (Å²) in [7, 11) is -4.12. The number of fused-ring (bicyclic) bond motifs is 1. The molecule has 0 amide bonds. The minimum atomic E-state index is -4.12. The molecule has 1 fully saturated rings. The first-order valence-corrected chi connectivity index (χ1v) is 13.7. The van der Waals surface area contributed by atoms with Crippen LogP contribution in [0.15, 0.2) is 73.7 Å². The van der Waals surface area contributed by atoms with Gasteiger partial charge in [-0.1, -0.05) is 30.9 Å². The number of hydrogen-bond acceptors (Lipinski definition) is 9. The Morgan fingerprint density at radius 1 is 1.29 bits per heavy atom. The molecule has 1 saturated carbocycles. The van der Waals surface area contributed by atoms with Gasteiger partial charge in [0.1, 0.15) is 29.6 Å². The quantitative estimate of drug-likeness (QED) is 0.176. The Bertz CT molecular complexity index is 1360. The first-order valence-electron chi connectivity index (χ1n) is 12.1. The van der Waals surface area contributed by atoms with Gasteiger partial charge in [-0.15, -0.1) is 6.58 Å². The van der Waals surface area contributed by atoms with Gasteiger partial charge in [-0.05, 0) is 37.6 Å². The van der Waals surface area contributed by atoms with Crippen LogP contribution in [0.1, 0.15) is 19.9 Å². The smallest absolute Gasteiger partial charge is 0.459 e. The summed E-state index contributed by atoms with van der Waals surface area (Å²) in [4.78, 5) is 20.9. The molecule has 2 heterocycles. The van der Waals surface area contributed by atoms with Crippen LogP contribution >= 0.6 is 7.75 Å². The van der Waals surface area contributed by atoms with Gasteiger partial charge in [-0.2, -0.15) is 5.09 Å². The second-order valence-electron chi connectivity index (χ2n) is 9.22. The lowest BCUT2D eigenvalue weighted by molar-refractivity contribution is -0.148. The minimum absolute atomic E-state index is 0.0862. The number of aromatic nitrogens is 3. The molecule has 0 aliphatic heterocycles. The molecule has 0 saturated heterocycles. The molecule has 202 valence electrons. The van der Waals surface area contributed by atoms with Gasteiger partial charge in [-0.25, -0.2) is 19.3 Å². The van der Waals surface area contributed by atoms with Crippen LogP contribution in [-0.4, -0.2) is 51.0 Å². The molecule has 3 aromatic rings. The summed E-state index contributed by atoms with van der Waals surface area (Å²) in [6.45, 7) is 11.0. The van der Waals surface area contributed by atoms with Gasteiger partial charge >= 0.3 is 13.7 Å². The van der Waals surface area contributed by atoms with Crippen LogP contribution in [0.2, 0.25) is 0 Å². The summed E-state index contributed by atoms with van der Waals surface area (Å²) >= 11 is 0. The topological polar surface area (TPSA) is 151 Å². The Morgan fingerprint density at radius 2 is 2.03 bits per heavy atom. The first-order chi connectivity index (χ1) is 18.2. The third-order valence-electron chi connectivity index (χ3n) is 6.36. The van der Waals surface area contributed by atoms with Crippen molar-refractivity contribution in [1.29, 1.82) is 0 Å². The second kappa shape index (κ2) is 11.5. The van der Waals surface area contributed by atoms with E-state index in [1.54, 1.807) is 44.2 Å². The number of para-hydroxylation sites is 1. The molecule has 12 heteroatoms. The van der Waals surface area contributed by atoms with E-state index in [1.807, 2.05) is 16.8 Å². The van der Waals surface area contributed by atoms with Crippen molar-refractivity contribution in [2.24, 2.45) is 11.8 Å². The molecule has 4 rings (SSSR count). The van der Waals surface area contributed by atoms with Gasteiger partial charge in [0.15, 0.2) is 0 Å². The number of nitrogens with two attached hydrogens (primary N) is 1. The molecule has 4 N–H and O–H groups in total. The summed E-state index contributed by atoms with van der Waals surface area (Å²) in [6, 6.07) is 8.85. The van der Waals surface area contributed by atoms with Crippen LogP contribution in [0.3, 0.4) is 0 Å². The van der Waals surface area contributed by atoms with Crippen LogP contribution in [-0.2, 0) is 18.6 Å². The molecule has 5 atom stereocenters. The highest BCUT2D eigenvalue weighted by molar-refractivity contribution is 7.52. The van der Waals surface area contributed by atoms with Gasteiger partial charge in [-0.3, -0.25) is 4.52 Å². The van der Waals surface area contributed by atoms with Gasteiger partial charge in [0.05, 0.1) is 24.1 Å². The van der Waals surface area contributed by atoms with Crippen LogP contribution in [0.25, 0.3) is 11.0 Å². The van der Waals surface area contributed by atoms with Crippen LogP contribution in [0.4, 0.5) is 5.82 Å². The zero-order valence-corrected chi connectivity index (χ0v) is 22.2. The Hall–Kier alpha value is -3.50. The molecule has 0 spiro atoms. The molecule has 38 heavy (non-hydrogen) atoms. The highest BCUT2D eigenvalue weighted by Gasteiger charge is 2.47. The summed E-state index contributed by atoms with van der Waals surface area (Å²) in [5, 5.41) is 13.6. The van der Waals surface area contributed by atoms with Crippen molar-refractivity contribution < 1.29 is 28.3 Å². The van der Waals surface area contributed by atoms with E-state index >= 15 is 0 Å².